The molecule has 1 unspecified atom stereocenters. The summed E-state index contributed by atoms with van der Waals surface area (Å²) >= 11 is 5.96. The second-order valence-electron chi connectivity index (χ2n) is 6.26. The summed E-state index contributed by atoms with van der Waals surface area (Å²) in [6.07, 6.45) is 5.76. The van der Waals surface area contributed by atoms with E-state index >= 15 is 0 Å². The number of piperidine rings is 1. The number of rotatable bonds is 5. The molecule has 6 nitrogen and oxygen atoms in total. The Morgan fingerprint density at radius 1 is 1.39 bits per heavy atom. The van der Waals surface area contributed by atoms with Gasteiger partial charge in [0.25, 0.3) is 0 Å². The Morgan fingerprint density at radius 2 is 2.14 bits per heavy atom. The Balaban J connectivity index is 1.89. The van der Waals surface area contributed by atoms with Crippen LogP contribution in [0.15, 0.2) is 52.4 Å². The molecule has 0 saturated carbocycles. The quantitative estimate of drug-likeness (QED) is 0.707. The van der Waals surface area contributed by atoms with Crippen molar-refractivity contribution in [3.05, 3.63) is 59.0 Å². The molecule has 1 atom stereocenters. The summed E-state index contributed by atoms with van der Waals surface area (Å²) in [5.41, 5.74) is 2.53. The summed E-state index contributed by atoms with van der Waals surface area (Å²) < 4.78 is 19.4. The molecule has 0 aliphatic carbocycles. The molecule has 3 rings (SSSR count). The van der Waals surface area contributed by atoms with Crippen LogP contribution in [0.5, 0.6) is 5.75 Å². The normalized spacial score (nSPS) is 19.9. The van der Waals surface area contributed by atoms with Gasteiger partial charge in [-0.1, -0.05) is 11.6 Å². The fourth-order valence-corrected chi connectivity index (χ4v) is 3.41. The lowest BCUT2D eigenvalue weighted by Gasteiger charge is -2.38. The molecular formula is C20H21ClFN5O. The van der Waals surface area contributed by atoms with Crippen molar-refractivity contribution < 1.29 is 9.13 Å². The number of benzene rings is 1. The van der Waals surface area contributed by atoms with Crippen LogP contribution in [0.2, 0.25) is 5.02 Å². The van der Waals surface area contributed by atoms with Crippen LogP contribution >= 0.6 is 11.6 Å². The second-order valence-corrected chi connectivity index (χ2v) is 6.64. The van der Waals surface area contributed by atoms with Crippen LogP contribution in [0.4, 0.5) is 10.1 Å². The number of hydrogen-bond donors (Lipinski definition) is 0. The lowest BCUT2D eigenvalue weighted by Crippen LogP contribution is -2.43. The summed E-state index contributed by atoms with van der Waals surface area (Å²) in [5.74, 6) is 0.439. The van der Waals surface area contributed by atoms with Gasteiger partial charge in [-0.2, -0.15) is 0 Å². The van der Waals surface area contributed by atoms with Gasteiger partial charge in [0.05, 0.1) is 19.7 Å². The third-order valence-corrected chi connectivity index (χ3v) is 5.00. The molecule has 2 aromatic rings. The van der Waals surface area contributed by atoms with Gasteiger partial charge in [-0.15, -0.1) is 0 Å². The largest absolute Gasteiger partial charge is 0.495 e. The summed E-state index contributed by atoms with van der Waals surface area (Å²) in [5, 5.41) is -0.0236. The van der Waals surface area contributed by atoms with Crippen molar-refractivity contribution in [3.63, 3.8) is 0 Å². The van der Waals surface area contributed by atoms with Crippen LogP contribution in [-0.2, 0) is 6.54 Å². The smallest absolute Gasteiger partial charge is 0.149 e. The van der Waals surface area contributed by atoms with E-state index in [9.17, 15) is 4.39 Å². The van der Waals surface area contributed by atoms with Crippen molar-refractivity contribution in [1.29, 1.82) is 0 Å². The zero-order valence-corrected chi connectivity index (χ0v) is 16.5. The predicted molar refractivity (Wildman–Crippen MR) is 110 cm³/mol. The molecule has 1 fully saturated rings. The van der Waals surface area contributed by atoms with E-state index in [4.69, 9.17) is 16.3 Å². The Labute approximate surface area is 168 Å². The fourth-order valence-electron chi connectivity index (χ4n) is 3.22. The molecule has 0 bridgehead atoms. The van der Waals surface area contributed by atoms with Crippen molar-refractivity contribution in [1.82, 2.24) is 9.97 Å². The van der Waals surface area contributed by atoms with E-state index in [1.165, 1.54) is 13.2 Å². The molecule has 0 radical (unpaired) electrons. The lowest BCUT2D eigenvalue weighted by atomic mass is 9.94. The highest BCUT2D eigenvalue weighted by molar-refractivity contribution is 6.32. The maximum atomic E-state index is 14.2. The molecule has 0 N–H and O–H groups in total. The number of halogens is 2. The fraction of sp³-hybridized carbons (Fsp3) is 0.300. The maximum Gasteiger partial charge on any atom is 0.149 e. The Kier molecular flexibility index (Phi) is 6.36. The molecule has 146 valence electrons. The molecule has 1 aromatic heterocycles. The van der Waals surface area contributed by atoms with E-state index in [1.54, 1.807) is 30.7 Å². The SMILES string of the molecule is C=NC=C1C(=NCc2ncccn2)CCN(c2cc(F)c(Cl)c(OC)c2)C1C. The van der Waals surface area contributed by atoms with Crippen LogP contribution in [0.1, 0.15) is 19.2 Å². The van der Waals surface area contributed by atoms with Crippen molar-refractivity contribution in [2.45, 2.75) is 25.9 Å². The first-order valence-corrected chi connectivity index (χ1v) is 9.18. The Hall–Kier alpha value is -2.80. The topological polar surface area (TPSA) is 63.0 Å². The number of ether oxygens (including phenoxy) is 1. The van der Waals surface area contributed by atoms with Gasteiger partial charge in [0, 0.05) is 54.6 Å². The van der Waals surface area contributed by atoms with Crippen molar-refractivity contribution in [2.24, 2.45) is 9.98 Å². The molecule has 1 aromatic carbocycles. The van der Waals surface area contributed by atoms with E-state index in [1.807, 2.05) is 6.92 Å². The van der Waals surface area contributed by atoms with Crippen LogP contribution < -0.4 is 9.64 Å². The van der Waals surface area contributed by atoms with Gasteiger partial charge in [-0.05, 0) is 25.8 Å². The van der Waals surface area contributed by atoms with Crippen LogP contribution in [0.25, 0.3) is 0 Å². The minimum Gasteiger partial charge on any atom is -0.495 e. The van der Waals surface area contributed by atoms with Crippen LogP contribution in [-0.4, -0.2) is 42.1 Å². The first kappa shape index (κ1) is 19.9. The standard InChI is InChI=1S/C20H21ClFN5O/c1-13-15(11-23-2)17(26-12-19-24-6-4-7-25-19)5-8-27(13)14-9-16(22)20(21)18(10-14)28-3/h4,6-7,9-11,13H,2,5,8,12H2,1,3H3. The summed E-state index contributed by atoms with van der Waals surface area (Å²) in [6, 6.07) is 4.84. The first-order valence-electron chi connectivity index (χ1n) is 8.80. The molecule has 1 aliphatic heterocycles. The van der Waals surface area contributed by atoms with Crippen molar-refractivity contribution in [3.8, 4) is 5.75 Å². The number of anilines is 1. The van der Waals surface area contributed by atoms with E-state index in [-0.39, 0.29) is 11.1 Å². The minimum atomic E-state index is -0.517. The molecule has 8 heteroatoms. The average molecular weight is 402 g/mol. The third kappa shape index (κ3) is 4.20. The van der Waals surface area contributed by atoms with Gasteiger partial charge < -0.3 is 9.64 Å². The third-order valence-electron chi connectivity index (χ3n) is 4.63. The molecule has 2 heterocycles. The van der Waals surface area contributed by atoms with E-state index in [0.29, 0.717) is 36.8 Å². The minimum absolute atomic E-state index is 0.0236. The predicted octanol–water partition coefficient (Wildman–Crippen LogP) is 4.10. The van der Waals surface area contributed by atoms with E-state index in [0.717, 1.165) is 11.3 Å². The molecular weight excluding hydrogens is 381 g/mol. The molecule has 1 saturated heterocycles. The van der Waals surface area contributed by atoms with Crippen molar-refractivity contribution in [2.75, 3.05) is 18.6 Å². The number of nitrogens with zero attached hydrogens (tertiary/aromatic N) is 5. The highest BCUT2D eigenvalue weighted by Crippen LogP contribution is 2.35. The lowest BCUT2D eigenvalue weighted by molar-refractivity contribution is 0.411. The van der Waals surface area contributed by atoms with Gasteiger partial charge in [0.1, 0.15) is 22.4 Å². The van der Waals surface area contributed by atoms with E-state index < -0.39 is 5.82 Å². The van der Waals surface area contributed by atoms with Gasteiger partial charge in [0.15, 0.2) is 0 Å². The monoisotopic (exact) mass is 401 g/mol. The number of hydrogen-bond acceptors (Lipinski definition) is 6. The Bertz CT molecular complexity index is 916. The first-order chi connectivity index (χ1) is 13.5. The van der Waals surface area contributed by atoms with Gasteiger partial charge in [-0.3, -0.25) is 9.98 Å². The number of methoxy groups -OCH3 is 1. The highest BCUT2D eigenvalue weighted by atomic mass is 35.5. The van der Waals surface area contributed by atoms with Crippen molar-refractivity contribution >= 4 is 29.7 Å². The molecule has 28 heavy (non-hydrogen) atoms. The molecule has 1 aliphatic rings. The number of aromatic nitrogens is 2. The highest BCUT2D eigenvalue weighted by Gasteiger charge is 2.28. The average Bonchev–Trinajstić information content (AvgIpc) is 2.71. The number of aliphatic imine (C=N–C) groups is 2. The summed E-state index contributed by atoms with van der Waals surface area (Å²) in [6.45, 7) is 6.64. The van der Waals surface area contributed by atoms with E-state index in [2.05, 4.69) is 31.6 Å². The maximum absolute atomic E-state index is 14.2. The summed E-state index contributed by atoms with van der Waals surface area (Å²) in [7, 11) is 1.47. The zero-order chi connectivity index (χ0) is 20.1. The van der Waals surface area contributed by atoms with Crippen LogP contribution in [0, 0.1) is 5.82 Å². The Morgan fingerprint density at radius 3 is 2.82 bits per heavy atom. The molecule has 0 amide bonds. The molecule has 0 spiro atoms. The second kappa shape index (κ2) is 8.93. The summed E-state index contributed by atoms with van der Waals surface area (Å²) in [4.78, 5) is 19.1. The van der Waals surface area contributed by atoms with Gasteiger partial charge in [-0.25, -0.2) is 14.4 Å². The van der Waals surface area contributed by atoms with Gasteiger partial charge in [0.2, 0.25) is 0 Å². The van der Waals surface area contributed by atoms with Crippen LogP contribution in [0.3, 0.4) is 0 Å². The zero-order valence-electron chi connectivity index (χ0n) is 15.8. The van der Waals surface area contributed by atoms with Gasteiger partial charge >= 0.3 is 0 Å².